The first kappa shape index (κ1) is 15.7. The molecule has 9 nitrogen and oxygen atoms in total. The number of rotatable bonds is 6. The predicted molar refractivity (Wildman–Crippen MR) is 80.4 cm³/mol. The molecule has 9 heteroatoms. The zero-order chi connectivity index (χ0) is 15.8. The Bertz CT molecular complexity index is 620. The highest BCUT2D eigenvalue weighted by molar-refractivity contribution is 5.74. The summed E-state index contributed by atoms with van der Waals surface area (Å²) in [5.74, 6) is 0. The highest BCUT2D eigenvalue weighted by Gasteiger charge is 2.10. The van der Waals surface area contributed by atoms with E-state index in [1.54, 1.807) is 23.0 Å². The Morgan fingerprint density at radius 1 is 1.27 bits per heavy atom. The molecule has 1 aromatic heterocycles. The lowest BCUT2D eigenvalue weighted by atomic mass is 10.3. The van der Waals surface area contributed by atoms with Crippen LogP contribution in [-0.4, -0.2) is 34.1 Å². The normalized spacial score (nSPS) is 11.2. The molecule has 0 spiro atoms. The molecule has 0 atom stereocenters. The number of aromatic nitrogens is 3. The zero-order valence-electron chi connectivity index (χ0n) is 12.0. The fourth-order valence-corrected chi connectivity index (χ4v) is 1.68. The van der Waals surface area contributed by atoms with E-state index in [0.717, 1.165) is 0 Å². The van der Waals surface area contributed by atoms with E-state index in [-0.39, 0.29) is 12.6 Å². The minimum atomic E-state index is -0.549. The lowest BCUT2D eigenvalue weighted by Crippen LogP contribution is -2.27. The maximum absolute atomic E-state index is 11.6. The molecule has 1 heterocycles. The van der Waals surface area contributed by atoms with Crippen molar-refractivity contribution in [2.24, 2.45) is 21.7 Å². The Balaban J connectivity index is 1.85. The third kappa shape index (κ3) is 4.43. The van der Waals surface area contributed by atoms with E-state index in [1.807, 2.05) is 18.2 Å². The van der Waals surface area contributed by atoms with E-state index in [2.05, 4.69) is 25.9 Å². The molecule has 2 aromatic rings. The van der Waals surface area contributed by atoms with Crippen LogP contribution in [0.5, 0.6) is 0 Å². The number of urea groups is 1. The monoisotopic (exact) mass is 302 g/mol. The van der Waals surface area contributed by atoms with Crippen molar-refractivity contribution in [3.63, 3.8) is 0 Å². The number of carbonyl (C=O) groups is 1. The van der Waals surface area contributed by atoms with E-state index in [4.69, 9.17) is 11.5 Å². The van der Waals surface area contributed by atoms with Gasteiger partial charge in [0, 0.05) is 13.1 Å². The molecular weight excluding hydrogens is 284 g/mol. The molecule has 0 saturated heterocycles. The Morgan fingerprint density at radius 3 is 2.68 bits per heavy atom. The van der Waals surface area contributed by atoms with E-state index in [9.17, 15) is 4.79 Å². The molecule has 2 rings (SSSR count). The minimum Gasteiger partial charge on any atom is -0.329 e. The number of hydrogen-bond acceptors (Lipinski definition) is 6. The summed E-state index contributed by atoms with van der Waals surface area (Å²) in [6, 6.07) is 8.34. The topological polar surface area (TPSA) is 137 Å². The van der Waals surface area contributed by atoms with Gasteiger partial charge in [0.1, 0.15) is 5.69 Å². The summed E-state index contributed by atoms with van der Waals surface area (Å²) in [7, 11) is 0. The molecule has 0 unspecified atom stereocenters. The first-order valence-electron chi connectivity index (χ1n) is 6.78. The Kier molecular flexibility index (Phi) is 5.69. The lowest BCUT2D eigenvalue weighted by molar-refractivity contribution is 0.247. The first-order valence-corrected chi connectivity index (χ1v) is 6.78. The van der Waals surface area contributed by atoms with Crippen molar-refractivity contribution in [1.82, 2.24) is 20.3 Å². The number of hydrogen-bond donors (Lipinski definition) is 3. The van der Waals surface area contributed by atoms with Gasteiger partial charge in [-0.2, -0.15) is 0 Å². The fourth-order valence-electron chi connectivity index (χ4n) is 1.68. The summed E-state index contributed by atoms with van der Waals surface area (Å²) in [4.78, 5) is 11.6. The van der Waals surface area contributed by atoms with Crippen LogP contribution in [0.4, 0.5) is 10.5 Å². The van der Waals surface area contributed by atoms with E-state index in [0.29, 0.717) is 24.5 Å². The van der Waals surface area contributed by atoms with Gasteiger partial charge in [0.25, 0.3) is 0 Å². The number of amides is 2. The van der Waals surface area contributed by atoms with Gasteiger partial charge in [0.05, 0.1) is 24.5 Å². The molecule has 0 radical (unpaired) electrons. The van der Waals surface area contributed by atoms with Crippen LogP contribution in [0.25, 0.3) is 0 Å². The summed E-state index contributed by atoms with van der Waals surface area (Å²) in [6.07, 6.45) is 1.69. The first-order chi connectivity index (χ1) is 10.7. The molecule has 22 heavy (non-hydrogen) atoms. The molecule has 5 N–H and O–H groups in total. The summed E-state index contributed by atoms with van der Waals surface area (Å²) < 4.78 is 1.59. The van der Waals surface area contributed by atoms with Crippen LogP contribution in [0.3, 0.4) is 0 Å². The molecule has 1 aromatic carbocycles. The summed E-state index contributed by atoms with van der Waals surface area (Å²) in [5.41, 5.74) is 12.4. The van der Waals surface area contributed by atoms with Gasteiger partial charge in [-0.1, -0.05) is 28.5 Å². The third-order valence-electron chi connectivity index (χ3n) is 2.91. The average molecular weight is 302 g/mol. The zero-order valence-corrected chi connectivity index (χ0v) is 12.0. The number of nitrogens with zero attached hydrogens (tertiary/aromatic N) is 5. The predicted octanol–water partition coefficient (Wildman–Crippen LogP) is 0.730. The Hall–Kier alpha value is -2.65. The average Bonchev–Trinajstić information content (AvgIpc) is 3.02. The largest absolute Gasteiger partial charge is 0.359 e. The van der Waals surface area contributed by atoms with Crippen LogP contribution in [0.2, 0.25) is 0 Å². The van der Waals surface area contributed by atoms with Gasteiger partial charge in [0.15, 0.2) is 0 Å². The van der Waals surface area contributed by atoms with E-state index < -0.39 is 6.03 Å². The number of nitrogens with one attached hydrogen (secondary N) is 1. The van der Waals surface area contributed by atoms with Crippen molar-refractivity contribution >= 4 is 11.7 Å². The van der Waals surface area contributed by atoms with Crippen molar-refractivity contribution < 1.29 is 4.79 Å². The maximum atomic E-state index is 11.6. The SMILES string of the molecule is NCC(CN)n1cc(CNC(=O)N=Nc2ccccc2)nn1. The number of carbonyl (C=O) groups excluding carboxylic acids is 1. The van der Waals surface area contributed by atoms with Crippen molar-refractivity contribution in [3.05, 3.63) is 42.2 Å². The van der Waals surface area contributed by atoms with Gasteiger partial charge < -0.3 is 16.8 Å². The third-order valence-corrected chi connectivity index (χ3v) is 2.91. The van der Waals surface area contributed by atoms with Gasteiger partial charge in [-0.3, -0.25) is 0 Å². The van der Waals surface area contributed by atoms with Crippen LogP contribution in [0.1, 0.15) is 11.7 Å². The second kappa shape index (κ2) is 7.96. The van der Waals surface area contributed by atoms with Gasteiger partial charge in [0.2, 0.25) is 0 Å². The van der Waals surface area contributed by atoms with Crippen molar-refractivity contribution in [2.45, 2.75) is 12.6 Å². The van der Waals surface area contributed by atoms with Crippen molar-refractivity contribution in [2.75, 3.05) is 13.1 Å². The molecule has 0 bridgehead atoms. The Morgan fingerprint density at radius 2 is 2.00 bits per heavy atom. The van der Waals surface area contributed by atoms with Gasteiger partial charge >= 0.3 is 6.03 Å². The van der Waals surface area contributed by atoms with Crippen LogP contribution in [0, 0.1) is 0 Å². The standard InChI is InChI=1S/C13H18N8O/c14-6-12(7-15)21-9-11(18-20-21)8-16-13(22)19-17-10-4-2-1-3-5-10/h1-5,9,12H,6-8,14-15H2,(H,16,22). The minimum absolute atomic E-state index is 0.102. The molecule has 0 fully saturated rings. The quantitative estimate of drug-likeness (QED) is 0.675. The van der Waals surface area contributed by atoms with Crippen LogP contribution in [0.15, 0.2) is 46.8 Å². The summed E-state index contributed by atoms with van der Waals surface area (Å²) in [6.45, 7) is 0.947. The van der Waals surface area contributed by atoms with E-state index in [1.165, 1.54) is 0 Å². The summed E-state index contributed by atoms with van der Waals surface area (Å²) >= 11 is 0. The van der Waals surface area contributed by atoms with E-state index >= 15 is 0 Å². The number of azo groups is 1. The maximum Gasteiger partial charge on any atom is 0.359 e. The van der Waals surface area contributed by atoms with Gasteiger partial charge in [-0.15, -0.1) is 10.2 Å². The number of benzene rings is 1. The Labute approximate surface area is 127 Å². The second-order valence-corrected chi connectivity index (χ2v) is 4.51. The second-order valence-electron chi connectivity index (χ2n) is 4.51. The lowest BCUT2D eigenvalue weighted by Gasteiger charge is -2.10. The molecule has 2 amide bonds. The summed E-state index contributed by atoms with van der Waals surface area (Å²) in [5, 5.41) is 17.8. The molecule has 0 aliphatic carbocycles. The van der Waals surface area contributed by atoms with Gasteiger partial charge in [-0.05, 0) is 12.1 Å². The number of nitrogens with two attached hydrogens (primary N) is 2. The van der Waals surface area contributed by atoms with Crippen LogP contribution in [-0.2, 0) is 6.54 Å². The fraction of sp³-hybridized carbons (Fsp3) is 0.308. The molecular formula is C13H18N8O. The molecule has 116 valence electrons. The van der Waals surface area contributed by atoms with Crippen molar-refractivity contribution in [3.8, 4) is 0 Å². The highest BCUT2D eigenvalue weighted by Crippen LogP contribution is 2.09. The molecule has 0 aliphatic rings. The van der Waals surface area contributed by atoms with Crippen LogP contribution >= 0.6 is 0 Å². The smallest absolute Gasteiger partial charge is 0.329 e. The highest BCUT2D eigenvalue weighted by atomic mass is 16.2. The van der Waals surface area contributed by atoms with Gasteiger partial charge in [-0.25, -0.2) is 9.48 Å². The molecule has 0 saturated carbocycles. The van der Waals surface area contributed by atoms with Crippen molar-refractivity contribution in [1.29, 1.82) is 0 Å². The molecule has 0 aliphatic heterocycles. The van der Waals surface area contributed by atoms with Crippen LogP contribution < -0.4 is 16.8 Å².